The van der Waals surface area contributed by atoms with Crippen molar-refractivity contribution in [2.45, 2.75) is 6.92 Å². The first-order valence-corrected chi connectivity index (χ1v) is 7.55. The number of ether oxygens (including phenoxy) is 1. The monoisotopic (exact) mass is 322 g/mol. The normalized spacial score (nSPS) is 10.6. The smallest absolute Gasteiger partial charge is 0.337 e. The third-order valence-corrected chi connectivity index (χ3v) is 3.99. The number of aryl methyl sites for hydroxylation is 2. The first-order chi connectivity index (χ1) is 11.5. The van der Waals surface area contributed by atoms with Crippen LogP contribution < -0.4 is 5.32 Å². The fraction of sp³-hybridized carbons (Fsp3) is 0.158. The number of hydrogen-bond donors (Lipinski definition) is 1. The molecule has 2 aromatic carbocycles. The molecule has 3 rings (SSSR count). The number of fused-ring (bicyclic) bond motifs is 1. The third-order valence-electron chi connectivity index (χ3n) is 3.99. The maximum Gasteiger partial charge on any atom is 0.337 e. The van der Waals surface area contributed by atoms with Gasteiger partial charge in [-0.05, 0) is 49.4 Å². The number of nitrogens with one attached hydrogen (secondary N) is 1. The Labute approximate surface area is 139 Å². The Bertz CT molecular complexity index is 924. The second kappa shape index (κ2) is 6.20. The van der Waals surface area contributed by atoms with E-state index >= 15 is 0 Å². The van der Waals surface area contributed by atoms with Gasteiger partial charge < -0.3 is 14.6 Å². The SMILES string of the molecule is COC(=O)c1ccc(NC(=O)c2cc3cc(C)ccc3n2C)cc1. The first-order valence-electron chi connectivity index (χ1n) is 7.55. The van der Waals surface area contributed by atoms with Gasteiger partial charge in [-0.15, -0.1) is 0 Å². The molecule has 0 aliphatic heterocycles. The van der Waals surface area contributed by atoms with E-state index in [1.54, 1.807) is 24.3 Å². The molecule has 0 unspecified atom stereocenters. The molecule has 3 aromatic rings. The molecule has 1 amide bonds. The van der Waals surface area contributed by atoms with Gasteiger partial charge in [0, 0.05) is 23.6 Å². The van der Waals surface area contributed by atoms with Crippen molar-refractivity contribution in [1.29, 1.82) is 0 Å². The van der Waals surface area contributed by atoms with Crippen LogP contribution >= 0.6 is 0 Å². The van der Waals surface area contributed by atoms with Gasteiger partial charge >= 0.3 is 5.97 Å². The Morgan fingerprint density at radius 3 is 2.42 bits per heavy atom. The molecule has 24 heavy (non-hydrogen) atoms. The van der Waals surface area contributed by atoms with Crippen LogP contribution in [0, 0.1) is 6.92 Å². The molecule has 1 N–H and O–H groups in total. The number of methoxy groups -OCH3 is 1. The van der Waals surface area contributed by atoms with Gasteiger partial charge in [-0.25, -0.2) is 4.79 Å². The van der Waals surface area contributed by atoms with E-state index in [0.29, 0.717) is 16.9 Å². The summed E-state index contributed by atoms with van der Waals surface area (Å²) in [5.74, 6) is -0.603. The lowest BCUT2D eigenvalue weighted by Gasteiger charge is -2.07. The van der Waals surface area contributed by atoms with Crippen molar-refractivity contribution in [3.8, 4) is 0 Å². The van der Waals surface area contributed by atoms with Crippen molar-refractivity contribution in [3.63, 3.8) is 0 Å². The first kappa shape index (κ1) is 15.8. The molecular weight excluding hydrogens is 304 g/mol. The maximum absolute atomic E-state index is 12.5. The zero-order valence-electron chi connectivity index (χ0n) is 13.8. The number of aromatic nitrogens is 1. The van der Waals surface area contributed by atoms with Crippen LogP contribution in [0.4, 0.5) is 5.69 Å². The molecule has 1 heterocycles. The van der Waals surface area contributed by atoms with Gasteiger partial charge in [0.05, 0.1) is 12.7 Å². The molecule has 122 valence electrons. The highest BCUT2D eigenvalue weighted by atomic mass is 16.5. The lowest BCUT2D eigenvalue weighted by Crippen LogP contribution is -2.15. The highest BCUT2D eigenvalue weighted by Crippen LogP contribution is 2.21. The minimum absolute atomic E-state index is 0.197. The fourth-order valence-corrected chi connectivity index (χ4v) is 2.69. The van der Waals surface area contributed by atoms with Crippen LogP contribution in [0.15, 0.2) is 48.5 Å². The zero-order chi connectivity index (χ0) is 17.3. The number of hydrogen-bond acceptors (Lipinski definition) is 3. The Kier molecular flexibility index (Phi) is 4.08. The van der Waals surface area contributed by atoms with Gasteiger partial charge in [0.15, 0.2) is 0 Å². The van der Waals surface area contributed by atoms with Crippen LogP contribution in [0.1, 0.15) is 26.4 Å². The van der Waals surface area contributed by atoms with Gasteiger partial charge in [0.1, 0.15) is 5.69 Å². The Balaban J connectivity index is 1.85. The van der Waals surface area contributed by atoms with E-state index in [1.807, 2.05) is 36.7 Å². The summed E-state index contributed by atoms with van der Waals surface area (Å²) in [5, 5.41) is 3.88. The van der Waals surface area contributed by atoms with Crippen LogP contribution in [-0.2, 0) is 11.8 Å². The predicted octanol–water partition coefficient (Wildman–Crippen LogP) is 3.53. The van der Waals surface area contributed by atoms with Crippen molar-refractivity contribution in [3.05, 3.63) is 65.4 Å². The van der Waals surface area contributed by atoms with Crippen LogP contribution in [-0.4, -0.2) is 23.6 Å². The summed E-state index contributed by atoms with van der Waals surface area (Å²) in [4.78, 5) is 24.0. The molecule has 0 bridgehead atoms. The molecule has 5 heteroatoms. The number of esters is 1. The standard InChI is InChI=1S/C19H18N2O3/c1-12-4-9-16-14(10-12)11-17(21(16)2)18(22)20-15-7-5-13(6-8-15)19(23)24-3/h4-11H,1-3H3,(H,20,22). The molecule has 0 aliphatic carbocycles. The molecule has 0 saturated heterocycles. The molecule has 0 saturated carbocycles. The van der Waals surface area contributed by atoms with Crippen molar-refractivity contribution in [2.75, 3.05) is 12.4 Å². The van der Waals surface area contributed by atoms with E-state index in [2.05, 4.69) is 16.1 Å². The zero-order valence-corrected chi connectivity index (χ0v) is 13.8. The summed E-state index contributed by atoms with van der Waals surface area (Å²) < 4.78 is 6.52. The fourth-order valence-electron chi connectivity index (χ4n) is 2.69. The predicted molar refractivity (Wildman–Crippen MR) is 93.4 cm³/mol. The van der Waals surface area contributed by atoms with Crippen LogP contribution in [0.25, 0.3) is 10.9 Å². The van der Waals surface area contributed by atoms with Crippen molar-refractivity contribution < 1.29 is 14.3 Å². The minimum atomic E-state index is -0.406. The summed E-state index contributed by atoms with van der Waals surface area (Å²) in [5.41, 5.74) is 3.79. The summed E-state index contributed by atoms with van der Waals surface area (Å²) in [6, 6.07) is 14.5. The van der Waals surface area contributed by atoms with Crippen molar-refractivity contribution >= 4 is 28.5 Å². The van der Waals surface area contributed by atoms with E-state index in [0.717, 1.165) is 16.5 Å². The topological polar surface area (TPSA) is 60.3 Å². The highest BCUT2D eigenvalue weighted by Gasteiger charge is 2.14. The quantitative estimate of drug-likeness (QED) is 0.751. The molecule has 0 radical (unpaired) electrons. The molecule has 0 aliphatic rings. The largest absolute Gasteiger partial charge is 0.465 e. The molecule has 0 fully saturated rings. The molecule has 0 spiro atoms. The van der Waals surface area contributed by atoms with E-state index < -0.39 is 5.97 Å². The summed E-state index contributed by atoms with van der Waals surface area (Å²) in [7, 11) is 3.20. The average Bonchev–Trinajstić information content (AvgIpc) is 2.91. The van der Waals surface area contributed by atoms with E-state index in [9.17, 15) is 9.59 Å². The number of amides is 1. The summed E-state index contributed by atoms with van der Waals surface area (Å²) >= 11 is 0. The molecule has 0 atom stereocenters. The van der Waals surface area contributed by atoms with Crippen LogP contribution in [0.2, 0.25) is 0 Å². The second-order valence-corrected chi connectivity index (χ2v) is 5.67. The van der Waals surface area contributed by atoms with E-state index in [-0.39, 0.29) is 5.91 Å². The lowest BCUT2D eigenvalue weighted by molar-refractivity contribution is 0.0600. The third kappa shape index (κ3) is 2.88. The minimum Gasteiger partial charge on any atom is -0.465 e. The van der Waals surface area contributed by atoms with Crippen LogP contribution in [0.3, 0.4) is 0 Å². The maximum atomic E-state index is 12.5. The van der Waals surface area contributed by atoms with Crippen LogP contribution in [0.5, 0.6) is 0 Å². The number of nitrogens with zero attached hydrogens (tertiary/aromatic N) is 1. The Morgan fingerprint density at radius 2 is 1.75 bits per heavy atom. The molecular formula is C19H18N2O3. The highest BCUT2D eigenvalue weighted by molar-refractivity contribution is 6.06. The summed E-state index contributed by atoms with van der Waals surface area (Å²) in [6.07, 6.45) is 0. The average molecular weight is 322 g/mol. The Morgan fingerprint density at radius 1 is 1.04 bits per heavy atom. The molecule has 1 aromatic heterocycles. The number of benzene rings is 2. The number of rotatable bonds is 3. The number of anilines is 1. The van der Waals surface area contributed by atoms with E-state index in [1.165, 1.54) is 7.11 Å². The Hall–Kier alpha value is -3.08. The van der Waals surface area contributed by atoms with Gasteiger partial charge in [0.2, 0.25) is 0 Å². The molecule has 5 nitrogen and oxygen atoms in total. The lowest BCUT2D eigenvalue weighted by atomic mass is 10.2. The van der Waals surface area contributed by atoms with Crippen molar-refractivity contribution in [2.24, 2.45) is 7.05 Å². The number of carbonyl (C=O) groups is 2. The van der Waals surface area contributed by atoms with Gasteiger partial charge in [-0.1, -0.05) is 11.6 Å². The van der Waals surface area contributed by atoms with Gasteiger partial charge in [-0.3, -0.25) is 4.79 Å². The van der Waals surface area contributed by atoms with Gasteiger partial charge in [0.25, 0.3) is 5.91 Å². The van der Waals surface area contributed by atoms with Gasteiger partial charge in [-0.2, -0.15) is 0 Å². The second-order valence-electron chi connectivity index (χ2n) is 5.67. The number of carbonyl (C=O) groups excluding carboxylic acids is 2. The van der Waals surface area contributed by atoms with E-state index in [4.69, 9.17) is 0 Å². The van der Waals surface area contributed by atoms with Crippen molar-refractivity contribution in [1.82, 2.24) is 4.57 Å². The summed E-state index contributed by atoms with van der Waals surface area (Å²) in [6.45, 7) is 2.02.